The number of H-pyrrole nitrogens is 1. The van der Waals surface area contributed by atoms with Crippen molar-refractivity contribution in [3.8, 4) is 0 Å². The van der Waals surface area contributed by atoms with Crippen LogP contribution in [0.4, 0.5) is 13.2 Å². The lowest BCUT2D eigenvalue weighted by atomic mass is 10.1. The number of hydrogen-bond acceptors (Lipinski definition) is 3. The highest BCUT2D eigenvalue weighted by Crippen LogP contribution is 2.31. The van der Waals surface area contributed by atoms with E-state index in [1.165, 1.54) is 0 Å². The van der Waals surface area contributed by atoms with E-state index in [4.69, 9.17) is 0 Å². The van der Waals surface area contributed by atoms with Crippen molar-refractivity contribution in [2.45, 2.75) is 26.4 Å². The molecule has 0 aromatic carbocycles. The van der Waals surface area contributed by atoms with Gasteiger partial charge in [-0.3, -0.25) is 4.79 Å². The van der Waals surface area contributed by atoms with Crippen molar-refractivity contribution in [1.29, 1.82) is 0 Å². The minimum atomic E-state index is -4.63. The molecular formula is C10H9F3N2OS. The second-order valence-corrected chi connectivity index (χ2v) is 4.79. The molecule has 0 spiro atoms. The molecule has 0 saturated heterocycles. The van der Waals surface area contributed by atoms with E-state index in [9.17, 15) is 18.0 Å². The van der Waals surface area contributed by atoms with E-state index in [0.717, 1.165) is 21.8 Å². The molecule has 0 atom stereocenters. The number of aromatic amines is 1. The van der Waals surface area contributed by atoms with E-state index in [1.54, 1.807) is 11.9 Å². The Labute approximate surface area is 98.3 Å². The number of halogens is 3. The topological polar surface area (TPSA) is 45.8 Å². The van der Waals surface area contributed by atoms with Gasteiger partial charge in [0.05, 0.1) is 5.39 Å². The Balaban J connectivity index is 2.82. The van der Waals surface area contributed by atoms with Crippen LogP contribution in [0.3, 0.4) is 0 Å². The van der Waals surface area contributed by atoms with Crippen LogP contribution in [0.2, 0.25) is 0 Å². The molecular weight excluding hydrogens is 253 g/mol. The van der Waals surface area contributed by atoms with Crippen LogP contribution in [0.1, 0.15) is 23.2 Å². The highest BCUT2D eigenvalue weighted by molar-refractivity contribution is 7.18. The number of nitrogens with zero attached hydrogens (tertiary/aromatic N) is 1. The Morgan fingerprint density at radius 2 is 2.06 bits per heavy atom. The maximum Gasteiger partial charge on any atom is 0.449 e. The number of rotatable bonds is 1. The molecule has 92 valence electrons. The first-order valence-electron chi connectivity index (χ1n) is 4.94. The van der Waals surface area contributed by atoms with Gasteiger partial charge in [-0.1, -0.05) is 6.92 Å². The van der Waals surface area contributed by atoms with Crippen molar-refractivity contribution in [3.63, 3.8) is 0 Å². The first-order chi connectivity index (χ1) is 7.84. The first-order valence-corrected chi connectivity index (χ1v) is 5.75. The summed E-state index contributed by atoms with van der Waals surface area (Å²) in [4.78, 5) is 17.9. The predicted octanol–water partition coefficient (Wildman–Crippen LogP) is 2.87. The van der Waals surface area contributed by atoms with E-state index >= 15 is 0 Å². The molecule has 1 N–H and O–H groups in total. The number of aromatic nitrogens is 2. The van der Waals surface area contributed by atoms with Gasteiger partial charge in [0, 0.05) is 4.88 Å². The molecule has 0 aliphatic heterocycles. The van der Waals surface area contributed by atoms with Gasteiger partial charge in [-0.05, 0) is 18.9 Å². The zero-order valence-corrected chi connectivity index (χ0v) is 9.92. The minimum absolute atomic E-state index is 0.149. The van der Waals surface area contributed by atoms with Gasteiger partial charge in [-0.25, -0.2) is 4.98 Å². The number of nitrogens with one attached hydrogen (secondary N) is 1. The molecule has 2 aromatic heterocycles. The summed E-state index contributed by atoms with van der Waals surface area (Å²) in [5.41, 5.74) is 0.0519. The van der Waals surface area contributed by atoms with Crippen LogP contribution < -0.4 is 5.56 Å². The number of aryl methyl sites for hydroxylation is 2. The third-order valence-electron chi connectivity index (χ3n) is 2.48. The number of fused-ring (bicyclic) bond motifs is 1. The fraction of sp³-hybridized carbons (Fsp3) is 0.400. The van der Waals surface area contributed by atoms with Crippen molar-refractivity contribution in [3.05, 3.63) is 26.6 Å². The quantitative estimate of drug-likeness (QED) is 0.859. The lowest BCUT2D eigenvalue weighted by Crippen LogP contribution is -2.18. The van der Waals surface area contributed by atoms with Crippen LogP contribution in [0.25, 0.3) is 10.2 Å². The Morgan fingerprint density at radius 1 is 1.41 bits per heavy atom. The van der Waals surface area contributed by atoms with Crippen LogP contribution in [-0.2, 0) is 12.6 Å². The third-order valence-corrected chi connectivity index (χ3v) is 3.53. The van der Waals surface area contributed by atoms with Crippen molar-refractivity contribution >= 4 is 21.6 Å². The zero-order chi connectivity index (χ0) is 12.8. The van der Waals surface area contributed by atoms with Gasteiger partial charge < -0.3 is 4.98 Å². The smallest absolute Gasteiger partial charge is 0.302 e. The Bertz CT molecular complexity index is 627. The summed E-state index contributed by atoms with van der Waals surface area (Å²) >= 11 is 1.12. The number of alkyl halides is 3. The molecule has 0 aliphatic carbocycles. The van der Waals surface area contributed by atoms with Gasteiger partial charge in [0.15, 0.2) is 0 Å². The van der Waals surface area contributed by atoms with Crippen LogP contribution >= 0.6 is 11.3 Å². The lowest BCUT2D eigenvalue weighted by molar-refractivity contribution is -0.144. The fourth-order valence-electron chi connectivity index (χ4n) is 1.74. The van der Waals surface area contributed by atoms with Gasteiger partial charge in [-0.15, -0.1) is 11.3 Å². The van der Waals surface area contributed by atoms with Crippen LogP contribution in [-0.4, -0.2) is 9.97 Å². The van der Waals surface area contributed by atoms with E-state index in [1.807, 2.05) is 6.92 Å². The largest absolute Gasteiger partial charge is 0.449 e. The lowest BCUT2D eigenvalue weighted by Gasteiger charge is -2.04. The summed E-state index contributed by atoms with van der Waals surface area (Å²) in [6.07, 6.45) is -4.03. The molecule has 2 aromatic rings. The van der Waals surface area contributed by atoms with Crippen molar-refractivity contribution < 1.29 is 13.2 Å². The molecule has 0 fully saturated rings. The second kappa shape index (κ2) is 3.83. The Morgan fingerprint density at radius 3 is 2.59 bits per heavy atom. The molecule has 0 radical (unpaired) electrons. The Kier molecular flexibility index (Phi) is 2.73. The zero-order valence-electron chi connectivity index (χ0n) is 9.10. The maximum atomic E-state index is 12.5. The summed E-state index contributed by atoms with van der Waals surface area (Å²) in [6, 6.07) is 0. The van der Waals surface area contributed by atoms with Crippen LogP contribution in [0.5, 0.6) is 0 Å². The normalized spacial score (nSPS) is 12.3. The molecule has 2 rings (SSSR count). The fourth-order valence-corrected chi connectivity index (χ4v) is 2.85. The molecule has 0 saturated carbocycles. The molecule has 17 heavy (non-hydrogen) atoms. The summed E-state index contributed by atoms with van der Waals surface area (Å²) < 4.78 is 37.4. The summed E-state index contributed by atoms with van der Waals surface area (Å²) in [6.45, 7) is 3.63. The standard InChI is InChI=1S/C10H9F3N2OS/c1-3-5-4(2)17-8-6(5)7(16)14-9(15-8)10(11,12)13/h3H2,1-2H3,(H,14,15,16). The molecule has 0 bridgehead atoms. The third kappa shape index (κ3) is 1.95. The van der Waals surface area contributed by atoms with Gasteiger partial charge in [0.25, 0.3) is 5.56 Å². The highest BCUT2D eigenvalue weighted by atomic mass is 32.1. The molecule has 7 heteroatoms. The van der Waals surface area contributed by atoms with Gasteiger partial charge in [0.1, 0.15) is 4.83 Å². The van der Waals surface area contributed by atoms with Gasteiger partial charge in [0.2, 0.25) is 5.82 Å². The van der Waals surface area contributed by atoms with Crippen molar-refractivity contribution in [2.75, 3.05) is 0 Å². The molecule has 0 aliphatic rings. The first kappa shape index (κ1) is 12.1. The van der Waals surface area contributed by atoms with Crippen molar-refractivity contribution in [1.82, 2.24) is 9.97 Å². The second-order valence-electron chi connectivity index (χ2n) is 3.58. The highest BCUT2D eigenvalue weighted by Gasteiger charge is 2.35. The SMILES string of the molecule is CCc1c(C)sc2nc(C(F)(F)F)[nH]c(=O)c12. The number of thiophene rings is 1. The maximum absolute atomic E-state index is 12.5. The van der Waals surface area contributed by atoms with E-state index in [0.29, 0.717) is 6.42 Å². The summed E-state index contributed by atoms with van der Waals surface area (Å²) in [5, 5.41) is 0.281. The van der Waals surface area contributed by atoms with Gasteiger partial charge in [-0.2, -0.15) is 13.2 Å². The average molecular weight is 262 g/mol. The van der Waals surface area contributed by atoms with Crippen LogP contribution in [0, 0.1) is 6.92 Å². The molecule has 0 amide bonds. The molecule has 2 heterocycles. The van der Waals surface area contributed by atoms with Gasteiger partial charge >= 0.3 is 6.18 Å². The monoisotopic (exact) mass is 262 g/mol. The van der Waals surface area contributed by atoms with E-state index < -0.39 is 17.6 Å². The summed E-state index contributed by atoms with van der Waals surface area (Å²) in [7, 11) is 0. The average Bonchev–Trinajstić information content (AvgIpc) is 2.52. The molecule has 0 unspecified atom stereocenters. The van der Waals surface area contributed by atoms with Crippen LogP contribution in [0.15, 0.2) is 4.79 Å². The Hall–Kier alpha value is -1.37. The van der Waals surface area contributed by atoms with E-state index in [-0.39, 0.29) is 10.2 Å². The molecule has 3 nitrogen and oxygen atoms in total. The summed E-state index contributed by atoms with van der Waals surface area (Å²) in [5.74, 6) is -1.24. The predicted molar refractivity (Wildman–Crippen MR) is 59.4 cm³/mol. The minimum Gasteiger partial charge on any atom is -0.302 e. The van der Waals surface area contributed by atoms with Crippen molar-refractivity contribution in [2.24, 2.45) is 0 Å². The van der Waals surface area contributed by atoms with E-state index in [2.05, 4.69) is 4.98 Å². The number of hydrogen-bond donors (Lipinski definition) is 1.